The van der Waals surface area contributed by atoms with E-state index in [9.17, 15) is 9.59 Å². The molecule has 7 nitrogen and oxygen atoms in total. The van der Waals surface area contributed by atoms with Crippen LogP contribution in [0.3, 0.4) is 0 Å². The molecule has 0 spiro atoms. The number of carbonyl (C=O) groups is 2. The number of halogens is 1. The van der Waals surface area contributed by atoms with Gasteiger partial charge in [0.1, 0.15) is 11.9 Å². The normalized spacial score (nSPS) is 17.4. The molecular weight excluding hydrogens is 330 g/mol. The Bertz CT molecular complexity index is 760. The number of aryl methyl sites for hydroxylation is 1. The monoisotopic (exact) mass is 349 g/mol. The topological polar surface area (TPSA) is 104 Å². The highest BCUT2D eigenvalue weighted by Crippen LogP contribution is 2.18. The molecule has 3 rings (SSSR count). The summed E-state index contributed by atoms with van der Waals surface area (Å²) in [6.07, 6.45) is 2.95. The Kier molecular flexibility index (Phi) is 4.89. The summed E-state index contributed by atoms with van der Waals surface area (Å²) in [5.74, 6) is 0.726. The number of amides is 3. The van der Waals surface area contributed by atoms with Gasteiger partial charge in [0.25, 0.3) is 0 Å². The molecule has 0 radical (unpaired) electrons. The Balaban J connectivity index is 1.47. The molecule has 1 aliphatic heterocycles. The van der Waals surface area contributed by atoms with Crippen molar-refractivity contribution in [3.63, 3.8) is 0 Å². The summed E-state index contributed by atoms with van der Waals surface area (Å²) in [5, 5.41) is 3.54. The fourth-order valence-electron chi connectivity index (χ4n) is 3.04. The predicted molar refractivity (Wildman–Crippen MR) is 91.7 cm³/mol. The lowest BCUT2D eigenvalue weighted by Gasteiger charge is -2.21. The number of carbonyl (C=O) groups excluding carboxylic acids is 2. The summed E-state index contributed by atoms with van der Waals surface area (Å²) < 4.78 is 0. The Morgan fingerprint density at radius 3 is 3.08 bits per heavy atom. The lowest BCUT2D eigenvalue weighted by atomic mass is 10.2. The number of urea groups is 1. The van der Waals surface area contributed by atoms with Crippen LogP contribution >= 0.6 is 11.6 Å². The van der Waals surface area contributed by atoms with Crippen molar-refractivity contribution in [1.29, 1.82) is 0 Å². The van der Waals surface area contributed by atoms with Crippen molar-refractivity contribution in [2.75, 3.05) is 13.1 Å². The van der Waals surface area contributed by atoms with E-state index in [4.69, 9.17) is 17.3 Å². The van der Waals surface area contributed by atoms with Gasteiger partial charge in [0.2, 0.25) is 5.91 Å². The summed E-state index contributed by atoms with van der Waals surface area (Å²) >= 11 is 5.95. The molecule has 4 N–H and O–H groups in total. The fraction of sp³-hybridized carbons (Fsp3) is 0.438. The van der Waals surface area contributed by atoms with Crippen LogP contribution in [-0.4, -0.2) is 45.9 Å². The first-order chi connectivity index (χ1) is 11.5. The van der Waals surface area contributed by atoms with E-state index in [-0.39, 0.29) is 5.91 Å². The van der Waals surface area contributed by atoms with E-state index in [1.807, 2.05) is 12.1 Å². The van der Waals surface area contributed by atoms with Crippen LogP contribution in [0.25, 0.3) is 11.0 Å². The lowest BCUT2D eigenvalue weighted by Crippen LogP contribution is -2.48. The van der Waals surface area contributed by atoms with E-state index in [1.54, 1.807) is 6.07 Å². The zero-order valence-corrected chi connectivity index (χ0v) is 14.0. The van der Waals surface area contributed by atoms with Crippen LogP contribution in [0.1, 0.15) is 25.1 Å². The molecule has 1 saturated heterocycles. The maximum Gasteiger partial charge on any atom is 0.315 e. The van der Waals surface area contributed by atoms with Gasteiger partial charge >= 0.3 is 6.03 Å². The molecule has 1 aliphatic rings. The highest BCUT2D eigenvalue weighted by molar-refractivity contribution is 6.31. The van der Waals surface area contributed by atoms with Gasteiger partial charge in [-0.15, -0.1) is 0 Å². The number of H-pyrrole nitrogens is 1. The average molecular weight is 350 g/mol. The van der Waals surface area contributed by atoms with Gasteiger partial charge in [-0.3, -0.25) is 4.79 Å². The summed E-state index contributed by atoms with van der Waals surface area (Å²) in [7, 11) is 0. The van der Waals surface area contributed by atoms with E-state index in [0.29, 0.717) is 24.5 Å². The molecule has 2 heterocycles. The first kappa shape index (κ1) is 16.6. The number of nitrogens with zero attached hydrogens (tertiary/aromatic N) is 2. The van der Waals surface area contributed by atoms with Gasteiger partial charge in [0, 0.05) is 24.5 Å². The molecular formula is C16H20ClN5O2. The first-order valence-corrected chi connectivity index (χ1v) is 8.40. The Hall–Kier alpha value is -2.28. The van der Waals surface area contributed by atoms with Gasteiger partial charge in [-0.05, 0) is 37.5 Å². The van der Waals surface area contributed by atoms with E-state index < -0.39 is 12.1 Å². The van der Waals surface area contributed by atoms with Gasteiger partial charge in [-0.2, -0.15) is 0 Å². The molecule has 2 aromatic rings. The highest BCUT2D eigenvalue weighted by atomic mass is 35.5. The van der Waals surface area contributed by atoms with Crippen LogP contribution in [0.2, 0.25) is 5.02 Å². The summed E-state index contributed by atoms with van der Waals surface area (Å²) in [4.78, 5) is 32.6. The molecule has 8 heteroatoms. The molecule has 3 amide bonds. The number of aromatic nitrogens is 2. The molecule has 0 bridgehead atoms. The van der Waals surface area contributed by atoms with Crippen molar-refractivity contribution < 1.29 is 9.59 Å². The minimum atomic E-state index is -0.534. The Morgan fingerprint density at radius 2 is 2.29 bits per heavy atom. The van der Waals surface area contributed by atoms with Crippen LogP contribution in [0, 0.1) is 0 Å². The Morgan fingerprint density at radius 1 is 1.46 bits per heavy atom. The quantitative estimate of drug-likeness (QED) is 0.717. The van der Waals surface area contributed by atoms with E-state index in [0.717, 1.165) is 36.1 Å². The number of benzene rings is 1. The predicted octanol–water partition coefficient (Wildman–Crippen LogP) is 1.81. The van der Waals surface area contributed by atoms with Crippen molar-refractivity contribution in [3.8, 4) is 0 Å². The largest absolute Gasteiger partial charge is 0.354 e. The van der Waals surface area contributed by atoms with E-state index >= 15 is 0 Å². The second-order valence-electron chi connectivity index (χ2n) is 5.93. The number of nitrogens with one attached hydrogen (secondary N) is 2. The number of nitrogens with two attached hydrogens (primary N) is 1. The molecule has 1 fully saturated rings. The third-order valence-electron chi connectivity index (χ3n) is 4.22. The summed E-state index contributed by atoms with van der Waals surface area (Å²) in [6, 6.07) is 4.55. The minimum Gasteiger partial charge on any atom is -0.354 e. The third kappa shape index (κ3) is 3.62. The first-order valence-electron chi connectivity index (χ1n) is 8.02. The molecule has 1 atom stereocenters. The highest BCUT2D eigenvalue weighted by Gasteiger charge is 2.32. The van der Waals surface area contributed by atoms with Crippen LogP contribution in [0.5, 0.6) is 0 Å². The van der Waals surface area contributed by atoms with Gasteiger partial charge in [-0.1, -0.05) is 11.6 Å². The number of likely N-dealkylation sites (tertiary alicyclic amines) is 1. The number of aromatic amines is 1. The van der Waals surface area contributed by atoms with E-state index in [2.05, 4.69) is 15.3 Å². The van der Waals surface area contributed by atoms with Crippen LogP contribution in [-0.2, 0) is 11.2 Å². The van der Waals surface area contributed by atoms with Crippen molar-refractivity contribution in [2.24, 2.45) is 5.73 Å². The number of hydrogen-bond acceptors (Lipinski definition) is 3. The van der Waals surface area contributed by atoms with Crippen LogP contribution in [0.4, 0.5) is 4.79 Å². The smallest absolute Gasteiger partial charge is 0.315 e. The van der Waals surface area contributed by atoms with Crippen molar-refractivity contribution in [1.82, 2.24) is 20.2 Å². The van der Waals surface area contributed by atoms with Crippen molar-refractivity contribution in [2.45, 2.75) is 31.7 Å². The van der Waals surface area contributed by atoms with Crippen LogP contribution < -0.4 is 11.1 Å². The Labute approximate surface area is 144 Å². The lowest BCUT2D eigenvalue weighted by molar-refractivity contribution is -0.124. The maximum absolute atomic E-state index is 12.2. The second-order valence-corrected chi connectivity index (χ2v) is 6.37. The molecule has 128 valence electrons. The molecule has 1 aromatic carbocycles. The van der Waals surface area contributed by atoms with Gasteiger partial charge < -0.3 is 20.9 Å². The number of primary amides is 1. The standard InChI is InChI=1S/C16H20ClN5O2/c17-10-5-6-11-12(9-10)21-14(20-11)4-1-7-19-15(23)13-3-2-8-22(13)16(18)24/h5-6,9,13H,1-4,7-8H2,(H2,18,24)(H,19,23)(H,20,21)/t13-/m0/s1. The third-order valence-corrected chi connectivity index (χ3v) is 4.46. The number of fused-ring (bicyclic) bond motifs is 1. The zero-order valence-electron chi connectivity index (χ0n) is 13.2. The SMILES string of the molecule is NC(=O)N1CCC[C@H]1C(=O)NCCCc1nc2ccc(Cl)cc2[nH]1. The summed E-state index contributed by atoms with van der Waals surface area (Å²) in [6.45, 7) is 1.08. The van der Waals surface area contributed by atoms with Crippen molar-refractivity contribution >= 4 is 34.6 Å². The molecule has 0 saturated carbocycles. The fourth-order valence-corrected chi connectivity index (χ4v) is 3.21. The van der Waals surface area contributed by atoms with Crippen LogP contribution in [0.15, 0.2) is 18.2 Å². The van der Waals surface area contributed by atoms with Gasteiger partial charge in [0.05, 0.1) is 11.0 Å². The zero-order chi connectivity index (χ0) is 17.1. The molecule has 0 aliphatic carbocycles. The summed E-state index contributed by atoms with van der Waals surface area (Å²) in [5.41, 5.74) is 7.07. The minimum absolute atomic E-state index is 0.136. The van der Waals surface area contributed by atoms with E-state index in [1.165, 1.54) is 4.90 Å². The molecule has 1 aromatic heterocycles. The second kappa shape index (κ2) is 7.09. The number of hydrogen-bond donors (Lipinski definition) is 3. The number of imidazole rings is 1. The average Bonchev–Trinajstić information content (AvgIpc) is 3.17. The van der Waals surface area contributed by atoms with Gasteiger partial charge in [-0.25, -0.2) is 9.78 Å². The molecule has 0 unspecified atom stereocenters. The number of rotatable bonds is 5. The van der Waals surface area contributed by atoms with Gasteiger partial charge in [0.15, 0.2) is 0 Å². The molecule has 24 heavy (non-hydrogen) atoms. The maximum atomic E-state index is 12.2. The van der Waals surface area contributed by atoms with Crippen molar-refractivity contribution in [3.05, 3.63) is 29.0 Å².